The third-order valence-electron chi connectivity index (χ3n) is 8.63. The summed E-state index contributed by atoms with van der Waals surface area (Å²) in [5.74, 6) is 1.10. The van der Waals surface area contributed by atoms with Crippen LogP contribution in [0, 0.1) is 11.8 Å². The third kappa shape index (κ3) is 5.13. The second-order valence-electron chi connectivity index (χ2n) is 11.1. The first-order chi connectivity index (χ1) is 22.3. The van der Waals surface area contributed by atoms with E-state index in [1.807, 2.05) is 36.4 Å². The third-order valence-corrected chi connectivity index (χ3v) is 10.1. The number of ether oxygens (including phenoxy) is 7. The Hall–Kier alpha value is -4.94. The molecule has 4 atom stereocenters. The standard InChI is InChI=1S/C34H31NO10S/c1-39-28-13-19(14-29(40-2)33(28)41-3)30-23-15-26-27(44-18-43-26)16-24(23)32(25-17-42-34(36)31(25)30)35-46(37,38)22-11-9-21(10-12-22)45-20-7-5-4-6-8-20/h4-16,25,30-32,35H,17-18H2,1-3H3/t25-,30+,31-,32+/m0/s1. The lowest BCUT2D eigenvalue weighted by Gasteiger charge is -2.39. The number of esters is 1. The van der Waals surface area contributed by atoms with E-state index < -0.39 is 39.8 Å². The van der Waals surface area contributed by atoms with Gasteiger partial charge in [-0.2, -0.15) is 0 Å². The second-order valence-corrected chi connectivity index (χ2v) is 12.8. The molecule has 0 unspecified atom stereocenters. The van der Waals surface area contributed by atoms with E-state index in [-0.39, 0.29) is 18.3 Å². The van der Waals surface area contributed by atoms with Crippen molar-refractivity contribution >= 4 is 16.0 Å². The molecule has 1 N–H and O–H groups in total. The van der Waals surface area contributed by atoms with Gasteiger partial charge in [0.05, 0.1) is 44.8 Å². The molecule has 7 rings (SSSR count). The molecule has 2 aliphatic heterocycles. The number of methoxy groups -OCH3 is 3. The quantitative estimate of drug-likeness (QED) is 0.243. The van der Waals surface area contributed by atoms with Crippen molar-refractivity contribution in [2.24, 2.45) is 11.8 Å². The number of carbonyl (C=O) groups excluding carboxylic acids is 1. The molecule has 0 radical (unpaired) electrons. The van der Waals surface area contributed by atoms with E-state index in [1.165, 1.54) is 33.5 Å². The molecule has 1 saturated heterocycles. The van der Waals surface area contributed by atoms with Crippen LogP contribution in [0.25, 0.3) is 0 Å². The zero-order chi connectivity index (χ0) is 32.0. The molecule has 4 aromatic carbocycles. The molecular formula is C34H31NO10S. The summed E-state index contributed by atoms with van der Waals surface area (Å²) in [6.45, 7) is 0.0467. The van der Waals surface area contributed by atoms with Gasteiger partial charge in [-0.05, 0) is 77.4 Å². The fourth-order valence-electron chi connectivity index (χ4n) is 6.54. The number of hydrogen-bond donors (Lipinski definition) is 1. The predicted octanol–water partition coefficient (Wildman–Crippen LogP) is 5.19. The number of rotatable bonds is 9. The van der Waals surface area contributed by atoms with Crippen LogP contribution >= 0.6 is 0 Å². The number of nitrogens with one attached hydrogen (secondary N) is 1. The van der Waals surface area contributed by atoms with Gasteiger partial charge in [0.15, 0.2) is 23.0 Å². The lowest BCUT2D eigenvalue weighted by atomic mass is 9.65. The maximum absolute atomic E-state index is 13.9. The first-order valence-electron chi connectivity index (χ1n) is 14.6. The fraction of sp³-hybridized carbons (Fsp3) is 0.265. The van der Waals surface area contributed by atoms with Crippen molar-refractivity contribution in [3.63, 3.8) is 0 Å². The van der Waals surface area contributed by atoms with Gasteiger partial charge in [-0.3, -0.25) is 4.79 Å². The van der Waals surface area contributed by atoms with Crippen LogP contribution < -0.4 is 33.1 Å². The monoisotopic (exact) mass is 645 g/mol. The van der Waals surface area contributed by atoms with E-state index in [2.05, 4.69) is 4.72 Å². The van der Waals surface area contributed by atoms with Crippen LogP contribution in [0.3, 0.4) is 0 Å². The summed E-state index contributed by atoms with van der Waals surface area (Å²) >= 11 is 0. The van der Waals surface area contributed by atoms with Gasteiger partial charge in [-0.15, -0.1) is 0 Å². The summed E-state index contributed by atoms with van der Waals surface area (Å²) in [7, 11) is 0.479. The molecule has 0 bridgehead atoms. The van der Waals surface area contributed by atoms with E-state index >= 15 is 0 Å². The molecule has 46 heavy (non-hydrogen) atoms. The Morgan fingerprint density at radius 1 is 0.761 bits per heavy atom. The highest BCUT2D eigenvalue weighted by atomic mass is 32.2. The predicted molar refractivity (Wildman–Crippen MR) is 164 cm³/mol. The maximum atomic E-state index is 13.9. The number of para-hydroxylation sites is 1. The zero-order valence-electron chi connectivity index (χ0n) is 25.2. The Balaban J connectivity index is 1.30. The molecule has 4 aromatic rings. The first-order valence-corrected chi connectivity index (χ1v) is 16.0. The van der Waals surface area contributed by atoms with E-state index in [1.54, 1.807) is 30.3 Å². The Morgan fingerprint density at radius 3 is 2.02 bits per heavy atom. The number of fused-ring (bicyclic) bond motifs is 3. The summed E-state index contributed by atoms with van der Waals surface area (Å²) < 4.78 is 70.3. The van der Waals surface area contributed by atoms with Crippen molar-refractivity contribution in [2.75, 3.05) is 34.7 Å². The molecular weight excluding hydrogens is 614 g/mol. The number of carbonyl (C=O) groups is 1. The van der Waals surface area contributed by atoms with E-state index in [0.29, 0.717) is 56.9 Å². The van der Waals surface area contributed by atoms with Gasteiger partial charge >= 0.3 is 5.97 Å². The van der Waals surface area contributed by atoms with Crippen LogP contribution in [0.4, 0.5) is 0 Å². The minimum atomic E-state index is -4.08. The minimum Gasteiger partial charge on any atom is -0.493 e. The number of hydrogen-bond acceptors (Lipinski definition) is 10. The van der Waals surface area contributed by atoms with Crippen LogP contribution in [-0.2, 0) is 19.6 Å². The van der Waals surface area contributed by atoms with Crippen molar-refractivity contribution in [3.05, 3.63) is 95.6 Å². The highest BCUT2D eigenvalue weighted by molar-refractivity contribution is 7.89. The van der Waals surface area contributed by atoms with Gasteiger partial charge in [0.1, 0.15) is 11.5 Å². The lowest BCUT2D eigenvalue weighted by Crippen LogP contribution is -2.42. The van der Waals surface area contributed by atoms with Gasteiger partial charge in [0.25, 0.3) is 0 Å². The van der Waals surface area contributed by atoms with Crippen molar-refractivity contribution in [3.8, 4) is 40.2 Å². The Labute approximate surface area is 266 Å². The summed E-state index contributed by atoms with van der Waals surface area (Å²) in [5, 5.41) is 0. The minimum absolute atomic E-state index is 0.0232. The van der Waals surface area contributed by atoms with Crippen molar-refractivity contribution in [2.45, 2.75) is 16.9 Å². The second kappa shape index (κ2) is 11.8. The summed E-state index contributed by atoms with van der Waals surface area (Å²) in [6, 6.07) is 21.7. The van der Waals surface area contributed by atoms with Gasteiger partial charge in [0, 0.05) is 11.8 Å². The molecule has 238 valence electrons. The molecule has 2 heterocycles. The van der Waals surface area contributed by atoms with Crippen molar-refractivity contribution < 1.29 is 46.4 Å². The van der Waals surface area contributed by atoms with E-state index in [9.17, 15) is 13.2 Å². The molecule has 1 fully saturated rings. The smallest absolute Gasteiger partial charge is 0.310 e. The van der Waals surface area contributed by atoms with E-state index in [4.69, 9.17) is 33.2 Å². The largest absolute Gasteiger partial charge is 0.493 e. The molecule has 3 aliphatic rings. The topological polar surface area (TPSA) is 128 Å². The first kappa shape index (κ1) is 29.8. The number of cyclic esters (lactones) is 1. The zero-order valence-corrected chi connectivity index (χ0v) is 26.0. The lowest BCUT2D eigenvalue weighted by molar-refractivity contribution is -0.141. The molecule has 12 heteroatoms. The Kier molecular flexibility index (Phi) is 7.61. The summed E-state index contributed by atoms with van der Waals surface area (Å²) in [4.78, 5) is 13.5. The Morgan fingerprint density at radius 2 is 1.39 bits per heavy atom. The SMILES string of the molecule is COc1cc([C@@H]2c3cc4c(cc3[C@@H](NS(=O)(=O)c3ccc(Oc5ccccc5)cc3)[C@H]3COC(=O)[C@H]23)OCO4)cc(OC)c1OC. The fourth-order valence-corrected chi connectivity index (χ4v) is 7.81. The van der Waals surface area contributed by atoms with Crippen molar-refractivity contribution in [1.29, 1.82) is 0 Å². The van der Waals surface area contributed by atoms with Crippen LogP contribution in [0.5, 0.6) is 40.2 Å². The highest BCUT2D eigenvalue weighted by Crippen LogP contribution is 2.56. The summed E-state index contributed by atoms with van der Waals surface area (Å²) in [6.07, 6.45) is 0. The van der Waals surface area contributed by atoms with E-state index in [0.717, 1.165) is 0 Å². The van der Waals surface area contributed by atoms with Crippen LogP contribution in [0.15, 0.2) is 83.8 Å². The molecule has 0 saturated carbocycles. The number of sulfonamides is 1. The van der Waals surface area contributed by atoms with Gasteiger partial charge in [-0.25, -0.2) is 13.1 Å². The highest BCUT2D eigenvalue weighted by Gasteiger charge is 2.53. The molecule has 0 amide bonds. The number of benzene rings is 4. The van der Waals surface area contributed by atoms with Crippen LogP contribution in [-0.4, -0.2) is 49.1 Å². The van der Waals surface area contributed by atoms with Gasteiger partial charge in [0.2, 0.25) is 22.6 Å². The molecule has 0 aromatic heterocycles. The average Bonchev–Trinajstić information content (AvgIpc) is 3.70. The van der Waals surface area contributed by atoms with Gasteiger partial charge in [-0.1, -0.05) is 18.2 Å². The maximum Gasteiger partial charge on any atom is 0.310 e. The van der Waals surface area contributed by atoms with Crippen LogP contribution in [0.1, 0.15) is 28.7 Å². The van der Waals surface area contributed by atoms with Crippen molar-refractivity contribution in [1.82, 2.24) is 4.72 Å². The van der Waals surface area contributed by atoms with Gasteiger partial charge < -0.3 is 33.2 Å². The summed E-state index contributed by atoms with van der Waals surface area (Å²) in [5.41, 5.74) is 2.05. The Bertz CT molecular complexity index is 1870. The normalized spacial score (nSPS) is 21.2. The molecule has 0 spiro atoms. The molecule has 11 nitrogen and oxygen atoms in total. The average molecular weight is 646 g/mol. The molecule has 1 aliphatic carbocycles. The van der Waals surface area contributed by atoms with Crippen LogP contribution in [0.2, 0.25) is 0 Å².